The first kappa shape index (κ1) is 13.5. The Kier molecular flexibility index (Phi) is 5.77. The molecule has 0 aromatic carbocycles. The van der Waals surface area contributed by atoms with Gasteiger partial charge in [-0.3, -0.25) is 4.79 Å². The van der Waals surface area contributed by atoms with E-state index in [-0.39, 0.29) is 24.5 Å². The molecule has 1 aliphatic heterocycles. The van der Waals surface area contributed by atoms with Crippen LogP contribution in [0.3, 0.4) is 0 Å². The Balaban J connectivity index is 2.35. The summed E-state index contributed by atoms with van der Waals surface area (Å²) < 4.78 is 0. The Hall–Kier alpha value is -0.610. The molecule has 0 aromatic rings. The van der Waals surface area contributed by atoms with Crippen molar-refractivity contribution in [3.05, 3.63) is 0 Å². The van der Waals surface area contributed by atoms with Gasteiger partial charge in [0.1, 0.15) is 0 Å². The van der Waals surface area contributed by atoms with Crippen LogP contribution in [0.4, 0.5) is 0 Å². The van der Waals surface area contributed by atoms with E-state index in [2.05, 4.69) is 5.32 Å². The zero-order chi connectivity index (χ0) is 12.0. The van der Waals surface area contributed by atoms with E-state index in [0.717, 1.165) is 32.5 Å². The molecule has 1 amide bonds. The Morgan fingerprint density at radius 3 is 3.00 bits per heavy atom. The standard InChI is InChI=1S/C12H24N2O2/c1-3-13-10(2)7-12(16)14-6-4-5-11(8-14)9-15/h10-11,13,15H,3-9H2,1-2H3. The predicted molar refractivity (Wildman–Crippen MR) is 64.1 cm³/mol. The molecule has 2 N–H and O–H groups in total. The second kappa shape index (κ2) is 6.86. The fraction of sp³-hybridized carbons (Fsp3) is 0.917. The minimum absolute atomic E-state index is 0.201. The van der Waals surface area contributed by atoms with Gasteiger partial charge in [-0.15, -0.1) is 0 Å². The second-order valence-corrected chi connectivity index (χ2v) is 4.69. The number of nitrogens with zero attached hydrogens (tertiary/aromatic N) is 1. The summed E-state index contributed by atoms with van der Waals surface area (Å²) in [4.78, 5) is 13.9. The van der Waals surface area contributed by atoms with Crippen molar-refractivity contribution in [2.75, 3.05) is 26.2 Å². The number of nitrogens with one attached hydrogen (secondary N) is 1. The van der Waals surface area contributed by atoms with Crippen molar-refractivity contribution in [2.24, 2.45) is 5.92 Å². The Morgan fingerprint density at radius 1 is 1.62 bits per heavy atom. The molecule has 1 aliphatic rings. The molecule has 0 aliphatic carbocycles. The molecule has 4 heteroatoms. The van der Waals surface area contributed by atoms with Crippen LogP contribution in [0, 0.1) is 5.92 Å². The number of likely N-dealkylation sites (tertiary alicyclic amines) is 1. The van der Waals surface area contributed by atoms with Crippen molar-refractivity contribution in [1.29, 1.82) is 0 Å². The lowest BCUT2D eigenvalue weighted by Crippen LogP contribution is -2.43. The third-order valence-corrected chi connectivity index (χ3v) is 3.16. The number of aliphatic hydroxyl groups is 1. The maximum atomic E-state index is 11.9. The van der Waals surface area contributed by atoms with E-state index in [1.807, 2.05) is 18.7 Å². The maximum Gasteiger partial charge on any atom is 0.224 e. The highest BCUT2D eigenvalue weighted by Crippen LogP contribution is 2.16. The van der Waals surface area contributed by atoms with E-state index in [4.69, 9.17) is 5.11 Å². The lowest BCUT2D eigenvalue weighted by molar-refractivity contribution is -0.133. The fourth-order valence-corrected chi connectivity index (χ4v) is 2.25. The smallest absolute Gasteiger partial charge is 0.224 e. The molecule has 0 saturated carbocycles. The monoisotopic (exact) mass is 228 g/mol. The Bertz CT molecular complexity index is 221. The molecule has 1 saturated heterocycles. The summed E-state index contributed by atoms with van der Waals surface area (Å²) in [5.41, 5.74) is 0. The fourth-order valence-electron chi connectivity index (χ4n) is 2.25. The number of carbonyl (C=O) groups excluding carboxylic acids is 1. The average Bonchev–Trinajstić information content (AvgIpc) is 2.29. The molecule has 0 radical (unpaired) electrons. The molecule has 0 aromatic heterocycles. The molecule has 2 unspecified atom stereocenters. The first-order valence-electron chi connectivity index (χ1n) is 6.29. The van der Waals surface area contributed by atoms with Gasteiger partial charge >= 0.3 is 0 Å². The van der Waals surface area contributed by atoms with Gasteiger partial charge in [-0.1, -0.05) is 6.92 Å². The van der Waals surface area contributed by atoms with Crippen LogP contribution in [0.25, 0.3) is 0 Å². The number of hydrogen-bond donors (Lipinski definition) is 2. The first-order chi connectivity index (χ1) is 7.67. The van der Waals surface area contributed by atoms with Crippen LogP contribution in [-0.4, -0.2) is 48.2 Å². The van der Waals surface area contributed by atoms with Crippen molar-refractivity contribution in [3.63, 3.8) is 0 Å². The van der Waals surface area contributed by atoms with Crippen LogP contribution in [0.2, 0.25) is 0 Å². The van der Waals surface area contributed by atoms with Gasteiger partial charge in [0.25, 0.3) is 0 Å². The summed E-state index contributed by atoms with van der Waals surface area (Å²) in [6.07, 6.45) is 2.63. The van der Waals surface area contributed by atoms with E-state index in [1.54, 1.807) is 0 Å². The largest absolute Gasteiger partial charge is 0.396 e. The van der Waals surface area contributed by atoms with Crippen LogP contribution in [0.15, 0.2) is 0 Å². The van der Waals surface area contributed by atoms with Gasteiger partial charge in [0.2, 0.25) is 5.91 Å². The van der Waals surface area contributed by atoms with Gasteiger partial charge in [-0.25, -0.2) is 0 Å². The lowest BCUT2D eigenvalue weighted by Gasteiger charge is -2.32. The third kappa shape index (κ3) is 4.10. The molecule has 1 rings (SSSR count). The topological polar surface area (TPSA) is 52.6 Å². The summed E-state index contributed by atoms with van der Waals surface area (Å²) >= 11 is 0. The van der Waals surface area contributed by atoms with Crippen LogP contribution in [0.5, 0.6) is 0 Å². The van der Waals surface area contributed by atoms with Gasteiger partial charge in [0.05, 0.1) is 0 Å². The number of amides is 1. The average molecular weight is 228 g/mol. The minimum Gasteiger partial charge on any atom is -0.396 e. The second-order valence-electron chi connectivity index (χ2n) is 4.69. The molecular formula is C12H24N2O2. The summed E-state index contributed by atoms with van der Waals surface area (Å²) in [5.74, 6) is 0.499. The van der Waals surface area contributed by atoms with Crippen molar-refractivity contribution >= 4 is 5.91 Å². The van der Waals surface area contributed by atoms with Gasteiger partial charge in [0, 0.05) is 32.2 Å². The number of carbonyl (C=O) groups is 1. The summed E-state index contributed by atoms with van der Waals surface area (Å²) in [7, 11) is 0. The van der Waals surface area contributed by atoms with Crippen LogP contribution < -0.4 is 5.32 Å². The lowest BCUT2D eigenvalue weighted by atomic mass is 9.98. The molecule has 16 heavy (non-hydrogen) atoms. The SMILES string of the molecule is CCNC(C)CC(=O)N1CCCC(CO)C1. The zero-order valence-corrected chi connectivity index (χ0v) is 10.4. The molecule has 0 bridgehead atoms. The third-order valence-electron chi connectivity index (χ3n) is 3.16. The maximum absolute atomic E-state index is 11.9. The Labute approximate surface area is 98.0 Å². The van der Waals surface area contributed by atoms with Crippen LogP contribution in [-0.2, 0) is 4.79 Å². The van der Waals surface area contributed by atoms with Gasteiger partial charge in [0.15, 0.2) is 0 Å². The van der Waals surface area contributed by atoms with Crippen molar-refractivity contribution in [1.82, 2.24) is 10.2 Å². The molecule has 4 nitrogen and oxygen atoms in total. The summed E-state index contributed by atoms with van der Waals surface area (Å²) in [6.45, 7) is 6.77. The van der Waals surface area contributed by atoms with E-state index >= 15 is 0 Å². The van der Waals surface area contributed by atoms with E-state index in [1.165, 1.54) is 0 Å². The van der Waals surface area contributed by atoms with Crippen molar-refractivity contribution in [3.8, 4) is 0 Å². The van der Waals surface area contributed by atoms with Crippen molar-refractivity contribution in [2.45, 2.75) is 39.2 Å². The van der Waals surface area contributed by atoms with Crippen LogP contribution in [0.1, 0.15) is 33.1 Å². The number of piperidine rings is 1. The van der Waals surface area contributed by atoms with Gasteiger partial charge in [-0.05, 0) is 32.2 Å². The number of rotatable bonds is 5. The normalized spacial score (nSPS) is 23.2. The quantitative estimate of drug-likeness (QED) is 0.725. The molecule has 1 heterocycles. The van der Waals surface area contributed by atoms with E-state index in [9.17, 15) is 4.79 Å². The highest BCUT2D eigenvalue weighted by molar-refractivity contribution is 5.76. The minimum atomic E-state index is 0.201. The number of aliphatic hydroxyl groups excluding tert-OH is 1. The summed E-state index contributed by atoms with van der Waals surface area (Å²) in [5, 5.41) is 12.4. The Morgan fingerprint density at radius 2 is 2.38 bits per heavy atom. The highest BCUT2D eigenvalue weighted by atomic mass is 16.3. The summed E-state index contributed by atoms with van der Waals surface area (Å²) in [6, 6.07) is 0.243. The zero-order valence-electron chi connectivity index (χ0n) is 10.4. The van der Waals surface area contributed by atoms with Crippen LogP contribution >= 0.6 is 0 Å². The molecule has 0 spiro atoms. The molecular weight excluding hydrogens is 204 g/mol. The van der Waals surface area contributed by atoms with E-state index in [0.29, 0.717) is 6.42 Å². The van der Waals surface area contributed by atoms with Gasteiger partial charge in [-0.2, -0.15) is 0 Å². The van der Waals surface area contributed by atoms with Gasteiger partial charge < -0.3 is 15.3 Å². The molecule has 2 atom stereocenters. The molecule has 1 fully saturated rings. The molecule has 94 valence electrons. The van der Waals surface area contributed by atoms with Crippen molar-refractivity contribution < 1.29 is 9.90 Å². The highest BCUT2D eigenvalue weighted by Gasteiger charge is 2.23. The first-order valence-corrected chi connectivity index (χ1v) is 6.29. The van der Waals surface area contributed by atoms with E-state index < -0.39 is 0 Å². The predicted octanol–water partition coefficient (Wildman–Crippen LogP) is 0.605. The number of hydrogen-bond acceptors (Lipinski definition) is 3.